The van der Waals surface area contributed by atoms with Crippen LogP contribution >= 0.6 is 0 Å². The fourth-order valence-corrected chi connectivity index (χ4v) is 1.61. The number of hydrogen-bond donors (Lipinski definition) is 1. The number of anilines is 1. The van der Waals surface area contributed by atoms with Crippen LogP contribution in [0.5, 0.6) is 5.75 Å². The number of urea groups is 1. The molecule has 1 aliphatic heterocycles. The summed E-state index contributed by atoms with van der Waals surface area (Å²) in [5, 5.41) is 2.63. The van der Waals surface area contributed by atoms with Gasteiger partial charge < -0.3 is 10.1 Å². The lowest BCUT2D eigenvalue weighted by atomic mass is 10.3. The smallest absolute Gasteiger partial charge is 0.422 e. The number of nitrogens with one attached hydrogen (secondary N) is 1. The third kappa shape index (κ3) is 3.06. The molecular formula is C11H11F3N2O2. The number of benzene rings is 1. The van der Waals surface area contributed by atoms with Crippen molar-refractivity contribution in [3.05, 3.63) is 24.3 Å². The molecule has 18 heavy (non-hydrogen) atoms. The lowest BCUT2D eigenvalue weighted by Crippen LogP contribution is -2.27. The van der Waals surface area contributed by atoms with E-state index in [1.807, 2.05) is 0 Å². The maximum atomic E-state index is 11.9. The van der Waals surface area contributed by atoms with Crippen molar-refractivity contribution in [3.63, 3.8) is 0 Å². The number of rotatable bonds is 3. The van der Waals surface area contributed by atoms with E-state index in [0.717, 1.165) is 0 Å². The molecule has 2 amide bonds. The summed E-state index contributed by atoms with van der Waals surface area (Å²) in [4.78, 5) is 12.9. The van der Waals surface area contributed by atoms with Gasteiger partial charge in [-0.3, -0.25) is 4.90 Å². The van der Waals surface area contributed by atoms with Crippen molar-refractivity contribution in [1.29, 1.82) is 0 Å². The van der Waals surface area contributed by atoms with Crippen LogP contribution in [0.2, 0.25) is 0 Å². The normalized spacial score (nSPS) is 15.7. The minimum atomic E-state index is -4.35. The molecule has 0 atom stereocenters. The summed E-state index contributed by atoms with van der Waals surface area (Å²) < 4.78 is 40.4. The molecule has 1 heterocycles. The van der Waals surface area contributed by atoms with Crippen LogP contribution in [0.1, 0.15) is 0 Å². The highest BCUT2D eigenvalue weighted by Crippen LogP contribution is 2.22. The number of hydrogen-bond acceptors (Lipinski definition) is 2. The molecule has 0 saturated carbocycles. The second kappa shape index (κ2) is 4.75. The Hall–Kier alpha value is -1.92. The van der Waals surface area contributed by atoms with Gasteiger partial charge in [0.25, 0.3) is 0 Å². The third-order valence-corrected chi connectivity index (χ3v) is 2.41. The highest BCUT2D eigenvalue weighted by atomic mass is 19.4. The van der Waals surface area contributed by atoms with Crippen molar-refractivity contribution in [2.24, 2.45) is 0 Å². The van der Waals surface area contributed by atoms with Crippen LogP contribution in [0.3, 0.4) is 0 Å². The highest BCUT2D eigenvalue weighted by molar-refractivity contribution is 5.94. The number of carbonyl (C=O) groups excluding carboxylic acids is 1. The molecule has 4 nitrogen and oxygen atoms in total. The van der Waals surface area contributed by atoms with Crippen LogP contribution in [-0.2, 0) is 0 Å². The first-order valence-electron chi connectivity index (χ1n) is 5.31. The zero-order valence-electron chi connectivity index (χ0n) is 9.33. The second-order valence-electron chi connectivity index (χ2n) is 3.78. The largest absolute Gasteiger partial charge is 0.484 e. The molecule has 2 rings (SSSR count). The molecule has 1 aliphatic rings. The molecular weight excluding hydrogens is 249 g/mol. The Morgan fingerprint density at radius 2 is 1.94 bits per heavy atom. The predicted octanol–water partition coefficient (Wildman–Crippen LogP) is 2.16. The van der Waals surface area contributed by atoms with Crippen LogP contribution in [0.15, 0.2) is 24.3 Å². The van der Waals surface area contributed by atoms with Crippen molar-refractivity contribution in [1.82, 2.24) is 5.32 Å². The second-order valence-corrected chi connectivity index (χ2v) is 3.78. The summed E-state index contributed by atoms with van der Waals surface area (Å²) in [6.45, 7) is -0.219. The summed E-state index contributed by atoms with van der Waals surface area (Å²) in [5.41, 5.74) is 0.629. The SMILES string of the molecule is O=C1NCCN1c1ccc(OCC(F)(F)F)cc1. The number of carbonyl (C=O) groups is 1. The van der Waals surface area contributed by atoms with Gasteiger partial charge in [0.1, 0.15) is 5.75 Å². The highest BCUT2D eigenvalue weighted by Gasteiger charge is 2.28. The van der Waals surface area contributed by atoms with E-state index in [4.69, 9.17) is 0 Å². The molecule has 0 unspecified atom stereocenters. The molecule has 0 spiro atoms. The predicted molar refractivity (Wildman–Crippen MR) is 58.7 cm³/mol. The van der Waals surface area contributed by atoms with Gasteiger partial charge in [0.05, 0.1) is 0 Å². The van der Waals surface area contributed by atoms with Crippen molar-refractivity contribution >= 4 is 11.7 Å². The minimum Gasteiger partial charge on any atom is -0.484 e. The van der Waals surface area contributed by atoms with E-state index < -0.39 is 12.8 Å². The van der Waals surface area contributed by atoms with Gasteiger partial charge in [-0.1, -0.05) is 0 Å². The molecule has 1 saturated heterocycles. The molecule has 0 radical (unpaired) electrons. The van der Waals surface area contributed by atoms with E-state index in [-0.39, 0.29) is 11.8 Å². The van der Waals surface area contributed by atoms with Gasteiger partial charge >= 0.3 is 12.2 Å². The molecule has 1 fully saturated rings. The van der Waals surface area contributed by atoms with Gasteiger partial charge in [0.15, 0.2) is 6.61 Å². The first-order chi connectivity index (χ1) is 8.46. The number of alkyl halides is 3. The summed E-state index contributed by atoms with van der Waals surface area (Å²) in [5.74, 6) is 0.121. The van der Waals surface area contributed by atoms with Gasteiger partial charge in [0, 0.05) is 18.8 Å². The lowest BCUT2D eigenvalue weighted by molar-refractivity contribution is -0.153. The van der Waals surface area contributed by atoms with Gasteiger partial charge in [-0.15, -0.1) is 0 Å². The number of amides is 2. The van der Waals surface area contributed by atoms with E-state index in [9.17, 15) is 18.0 Å². The standard InChI is InChI=1S/C11H11F3N2O2/c12-11(13,14)7-18-9-3-1-8(2-4-9)16-6-5-15-10(16)17/h1-4H,5-7H2,(H,15,17). The van der Waals surface area contributed by atoms with Crippen LogP contribution < -0.4 is 15.0 Å². The lowest BCUT2D eigenvalue weighted by Gasteiger charge is -2.15. The number of halogens is 3. The van der Waals surface area contributed by atoms with Crippen molar-refractivity contribution < 1.29 is 22.7 Å². The Morgan fingerprint density at radius 3 is 2.44 bits per heavy atom. The van der Waals surface area contributed by atoms with Crippen LogP contribution in [0.4, 0.5) is 23.7 Å². The quantitative estimate of drug-likeness (QED) is 0.904. The number of nitrogens with zero attached hydrogens (tertiary/aromatic N) is 1. The van der Waals surface area contributed by atoms with Gasteiger partial charge in [-0.2, -0.15) is 13.2 Å². The monoisotopic (exact) mass is 260 g/mol. The minimum absolute atomic E-state index is 0.121. The van der Waals surface area contributed by atoms with Crippen LogP contribution in [0.25, 0.3) is 0 Å². The first-order valence-corrected chi connectivity index (χ1v) is 5.31. The Balaban J connectivity index is 1.99. The van der Waals surface area contributed by atoms with Gasteiger partial charge in [0.2, 0.25) is 0 Å². The van der Waals surface area contributed by atoms with E-state index in [1.54, 1.807) is 12.1 Å². The van der Waals surface area contributed by atoms with Gasteiger partial charge in [-0.25, -0.2) is 4.79 Å². The first kappa shape index (κ1) is 12.5. The Kier molecular flexibility index (Phi) is 3.31. The molecule has 7 heteroatoms. The Labute approximate surface area is 101 Å². The fourth-order valence-electron chi connectivity index (χ4n) is 1.61. The van der Waals surface area contributed by atoms with E-state index in [2.05, 4.69) is 10.1 Å². The zero-order chi connectivity index (χ0) is 13.2. The molecule has 1 aromatic rings. The average molecular weight is 260 g/mol. The van der Waals surface area contributed by atoms with Crippen molar-refractivity contribution in [3.8, 4) is 5.75 Å². The summed E-state index contributed by atoms with van der Waals surface area (Å²) >= 11 is 0. The summed E-state index contributed by atoms with van der Waals surface area (Å²) in [7, 11) is 0. The Morgan fingerprint density at radius 1 is 1.28 bits per heavy atom. The van der Waals surface area contributed by atoms with E-state index >= 15 is 0 Å². The third-order valence-electron chi connectivity index (χ3n) is 2.41. The van der Waals surface area contributed by atoms with Crippen LogP contribution in [0, 0.1) is 0 Å². The topological polar surface area (TPSA) is 41.6 Å². The summed E-state index contributed by atoms with van der Waals surface area (Å²) in [6.07, 6.45) is -4.35. The average Bonchev–Trinajstić information content (AvgIpc) is 2.73. The molecule has 98 valence electrons. The maximum Gasteiger partial charge on any atom is 0.422 e. The Bertz CT molecular complexity index is 431. The molecule has 0 bridgehead atoms. The molecule has 1 N–H and O–H groups in total. The molecule has 0 aliphatic carbocycles. The van der Waals surface area contributed by atoms with Crippen LogP contribution in [-0.4, -0.2) is 31.9 Å². The summed E-state index contributed by atoms with van der Waals surface area (Å²) in [6, 6.07) is 5.71. The van der Waals surface area contributed by atoms with E-state index in [1.165, 1.54) is 17.0 Å². The zero-order valence-corrected chi connectivity index (χ0v) is 9.33. The number of ether oxygens (including phenoxy) is 1. The fraction of sp³-hybridized carbons (Fsp3) is 0.364. The van der Waals surface area contributed by atoms with E-state index in [0.29, 0.717) is 18.8 Å². The maximum absolute atomic E-state index is 11.9. The van der Waals surface area contributed by atoms with Gasteiger partial charge in [-0.05, 0) is 24.3 Å². The van der Waals surface area contributed by atoms with Crippen molar-refractivity contribution in [2.75, 3.05) is 24.6 Å². The molecule has 1 aromatic carbocycles. The van der Waals surface area contributed by atoms with Crippen molar-refractivity contribution in [2.45, 2.75) is 6.18 Å². The molecule has 0 aromatic heterocycles.